The minimum atomic E-state index is -0.547. The number of nitrogens with zero attached hydrogens (tertiary/aromatic N) is 2. The van der Waals surface area contributed by atoms with Crippen LogP contribution >= 0.6 is 0 Å². The Kier molecular flexibility index (Phi) is 14.1. The van der Waals surface area contributed by atoms with E-state index in [2.05, 4.69) is 223 Å². The SMILES string of the molecule is CC(C)(C)c1ccc(N(c2ccc3c(c2)C(C)(C)c2cccc4c2c-3c(-c2ccccc2)c2ccc(N(c3ccc(C(C)(C)C)cc3)c3cc(-c5ccccc5)cc(-c5ccccc5)c3F)cc24)c2cc(-c3ccccc3)cc(-c3ccccc3)c2F)cc1. The van der Waals surface area contributed by atoms with Crippen LogP contribution in [0.3, 0.4) is 0 Å². The average molecular weight is 1160 g/mol. The lowest BCUT2D eigenvalue weighted by Gasteiger charge is -2.38. The smallest absolute Gasteiger partial charge is 0.155 e. The Labute approximate surface area is 522 Å². The van der Waals surface area contributed by atoms with Gasteiger partial charge >= 0.3 is 0 Å². The highest BCUT2D eigenvalue weighted by Gasteiger charge is 2.37. The van der Waals surface area contributed by atoms with Gasteiger partial charge in [-0.3, -0.25) is 0 Å². The van der Waals surface area contributed by atoms with E-state index in [4.69, 9.17) is 0 Å². The van der Waals surface area contributed by atoms with Gasteiger partial charge in [-0.25, -0.2) is 8.78 Å². The molecule has 0 spiro atoms. The van der Waals surface area contributed by atoms with Crippen LogP contribution in [0.1, 0.15) is 77.6 Å². The van der Waals surface area contributed by atoms with E-state index in [1.54, 1.807) is 0 Å². The lowest BCUT2D eigenvalue weighted by atomic mass is 9.66. The summed E-state index contributed by atoms with van der Waals surface area (Å²) in [6.45, 7) is 18.0. The molecule has 13 aromatic carbocycles. The monoisotopic (exact) mass is 1160 g/mol. The van der Waals surface area contributed by atoms with Gasteiger partial charge in [-0.05, 0) is 183 Å². The zero-order chi connectivity index (χ0) is 61.3. The molecule has 0 saturated carbocycles. The van der Waals surface area contributed by atoms with Crippen LogP contribution in [0.5, 0.6) is 0 Å². The van der Waals surface area contributed by atoms with Gasteiger partial charge in [-0.2, -0.15) is 0 Å². The molecule has 13 aromatic rings. The Morgan fingerprint density at radius 1 is 0.292 bits per heavy atom. The molecule has 434 valence electrons. The molecule has 0 heterocycles. The summed E-state index contributed by atoms with van der Waals surface area (Å²) in [6, 6.07) is 96.7. The third-order valence-corrected chi connectivity index (χ3v) is 18.3. The Bertz CT molecular complexity index is 4790. The van der Waals surface area contributed by atoms with Gasteiger partial charge in [0.15, 0.2) is 11.6 Å². The second kappa shape index (κ2) is 22.2. The van der Waals surface area contributed by atoms with Gasteiger partial charge in [0.2, 0.25) is 0 Å². The van der Waals surface area contributed by atoms with Crippen molar-refractivity contribution in [2.24, 2.45) is 0 Å². The predicted molar refractivity (Wildman–Crippen MR) is 373 cm³/mol. The van der Waals surface area contributed by atoms with E-state index in [-0.39, 0.29) is 22.5 Å². The molecule has 0 aliphatic heterocycles. The van der Waals surface area contributed by atoms with E-state index in [9.17, 15) is 0 Å². The first-order valence-electron chi connectivity index (χ1n) is 30.9. The summed E-state index contributed by atoms with van der Waals surface area (Å²) in [6.07, 6.45) is 0. The third-order valence-electron chi connectivity index (χ3n) is 18.3. The van der Waals surface area contributed by atoms with Crippen LogP contribution in [0, 0.1) is 11.6 Å². The number of halogens is 2. The maximum atomic E-state index is 18.2. The first-order valence-corrected chi connectivity index (χ1v) is 30.9. The van der Waals surface area contributed by atoms with Gasteiger partial charge in [0.05, 0.1) is 11.4 Å². The highest BCUT2D eigenvalue weighted by molar-refractivity contribution is 6.24. The lowest BCUT2D eigenvalue weighted by molar-refractivity contribution is 0.590. The van der Waals surface area contributed by atoms with Crippen LogP contribution in [-0.2, 0) is 16.2 Å². The quantitative estimate of drug-likeness (QED) is 0.119. The van der Waals surface area contributed by atoms with Crippen molar-refractivity contribution in [2.45, 2.75) is 71.6 Å². The van der Waals surface area contributed by atoms with E-state index in [1.807, 2.05) is 121 Å². The van der Waals surface area contributed by atoms with Crippen LogP contribution in [0.2, 0.25) is 0 Å². The van der Waals surface area contributed by atoms with E-state index in [0.29, 0.717) is 22.5 Å². The van der Waals surface area contributed by atoms with Gasteiger partial charge in [0.1, 0.15) is 0 Å². The molecule has 0 saturated heterocycles. The van der Waals surface area contributed by atoms with Gasteiger partial charge in [0, 0.05) is 39.3 Å². The molecular formula is C85H70F2N2. The summed E-state index contributed by atoms with van der Waals surface area (Å²) in [7, 11) is 0. The molecule has 0 atom stereocenters. The Morgan fingerprint density at radius 3 is 1.15 bits per heavy atom. The predicted octanol–water partition coefficient (Wildman–Crippen LogP) is 24.4. The van der Waals surface area contributed by atoms with Crippen molar-refractivity contribution in [1.82, 2.24) is 0 Å². The first kappa shape index (κ1) is 56.6. The number of anilines is 6. The molecule has 0 unspecified atom stereocenters. The molecule has 14 rings (SSSR count). The molecule has 0 radical (unpaired) electrons. The van der Waals surface area contributed by atoms with Gasteiger partial charge in [-0.1, -0.05) is 262 Å². The fourth-order valence-corrected chi connectivity index (χ4v) is 13.5. The highest BCUT2D eigenvalue weighted by Crippen LogP contribution is 2.57. The zero-order valence-corrected chi connectivity index (χ0v) is 51.7. The molecule has 1 aliphatic carbocycles. The van der Waals surface area contributed by atoms with Crippen molar-refractivity contribution in [3.8, 4) is 66.8 Å². The fraction of sp³-hybridized carbons (Fsp3) is 0.129. The standard InChI is InChI=1S/C85H70F2N2/c1-83(2,3)62-37-41-64(42-38-62)88(76-51-60(55-25-14-9-15-26-55)49-71(81(76)86)57-29-18-11-19-30-57)66-45-47-69-73(53-66)68-35-24-36-74-79(68)80(78(69)59-33-22-13-23-34-59)70-48-46-67(54-75(70)85(74,7)8)89(65-43-39-63(40-44-65)84(4,5)6)77-52-61(56-27-16-10-17-28-56)50-72(82(77)87)58-31-20-12-21-32-58/h9-54H,1-8H3. The fourth-order valence-electron chi connectivity index (χ4n) is 13.5. The summed E-state index contributed by atoms with van der Waals surface area (Å²) in [5.41, 5.74) is 19.2. The number of hydrogen-bond acceptors (Lipinski definition) is 2. The number of benzene rings is 13. The molecule has 0 N–H and O–H groups in total. The topological polar surface area (TPSA) is 6.48 Å². The van der Waals surface area contributed by atoms with Crippen molar-refractivity contribution in [3.05, 3.63) is 313 Å². The second-order valence-corrected chi connectivity index (χ2v) is 26.4. The van der Waals surface area contributed by atoms with E-state index < -0.39 is 5.41 Å². The van der Waals surface area contributed by atoms with Crippen LogP contribution < -0.4 is 9.80 Å². The van der Waals surface area contributed by atoms with E-state index in [1.165, 1.54) is 22.1 Å². The molecule has 0 aromatic heterocycles. The van der Waals surface area contributed by atoms with Crippen LogP contribution in [0.4, 0.5) is 42.9 Å². The van der Waals surface area contributed by atoms with E-state index in [0.717, 1.165) is 100 Å². The normalized spacial score (nSPS) is 12.7. The molecular weight excluding hydrogens is 1090 g/mol. The average Bonchev–Trinajstić information content (AvgIpc) is 0.708. The molecule has 1 aliphatic rings. The molecule has 89 heavy (non-hydrogen) atoms. The van der Waals surface area contributed by atoms with Gasteiger partial charge in [-0.15, -0.1) is 0 Å². The Balaban J connectivity index is 1.01. The Hall–Kier alpha value is -10.2. The van der Waals surface area contributed by atoms with Gasteiger partial charge in [0.25, 0.3) is 0 Å². The van der Waals surface area contributed by atoms with Crippen molar-refractivity contribution in [1.29, 1.82) is 0 Å². The van der Waals surface area contributed by atoms with Gasteiger partial charge < -0.3 is 9.80 Å². The number of rotatable bonds is 11. The maximum Gasteiger partial charge on any atom is 0.155 e. The summed E-state index contributed by atoms with van der Waals surface area (Å²) in [4.78, 5) is 4.23. The van der Waals surface area contributed by atoms with Crippen molar-refractivity contribution < 1.29 is 8.78 Å². The molecule has 0 amide bonds. The lowest BCUT2D eigenvalue weighted by Crippen LogP contribution is -2.25. The summed E-state index contributed by atoms with van der Waals surface area (Å²) < 4.78 is 36.5. The molecule has 2 nitrogen and oxygen atoms in total. The van der Waals surface area contributed by atoms with E-state index >= 15 is 8.78 Å². The second-order valence-electron chi connectivity index (χ2n) is 26.4. The largest absolute Gasteiger partial charge is 0.308 e. The number of fused-ring (bicyclic) bond motifs is 4. The highest BCUT2D eigenvalue weighted by atomic mass is 19.1. The minimum Gasteiger partial charge on any atom is -0.308 e. The van der Waals surface area contributed by atoms with Crippen LogP contribution in [0.25, 0.3) is 88.3 Å². The first-order chi connectivity index (χ1) is 43.0. The summed E-state index contributed by atoms with van der Waals surface area (Å²) >= 11 is 0. The molecule has 0 bridgehead atoms. The zero-order valence-electron chi connectivity index (χ0n) is 51.7. The molecule has 4 heteroatoms. The maximum absolute atomic E-state index is 18.2. The van der Waals surface area contributed by atoms with Crippen LogP contribution in [-0.4, -0.2) is 0 Å². The van der Waals surface area contributed by atoms with Crippen molar-refractivity contribution in [2.75, 3.05) is 9.80 Å². The molecule has 0 fully saturated rings. The number of hydrogen-bond donors (Lipinski definition) is 0. The minimum absolute atomic E-state index is 0.0917. The Morgan fingerprint density at radius 2 is 0.697 bits per heavy atom. The summed E-state index contributed by atoms with van der Waals surface area (Å²) in [5, 5.41) is 4.42. The third kappa shape index (κ3) is 10.2. The van der Waals surface area contributed by atoms with Crippen LogP contribution in [0.15, 0.2) is 279 Å². The summed E-state index contributed by atoms with van der Waals surface area (Å²) in [5.74, 6) is -0.608. The van der Waals surface area contributed by atoms with Crippen molar-refractivity contribution >= 4 is 55.7 Å². The van der Waals surface area contributed by atoms with Crippen molar-refractivity contribution in [3.63, 3.8) is 0 Å².